The van der Waals surface area contributed by atoms with Crippen molar-refractivity contribution in [2.45, 2.75) is 0 Å². The Kier molecular flexibility index (Phi) is 1.44. The molecule has 0 aromatic carbocycles. The van der Waals surface area contributed by atoms with Crippen molar-refractivity contribution in [2.24, 2.45) is 0 Å². The van der Waals surface area contributed by atoms with Crippen molar-refractivity contribution in [3.8, 4) is 0 Å². The summed E-state index contributed by atoms with van der Waals surface area (Å²) < 4.78 is -1.82. The minimum atomic E-state index is -1.82. The van der Waals surface area contributed by atoms with Gasteiger partial charge in [-0.25, -0.2) is 0 Å². The highest BCUT2D eigenvalue weighted by Gasteiger charge is 2.26. The molecule has 1 saturated heterocycles. The van der Waals surface area contributed by atoms with Gasteiger partial charge in [0.25, 0.3) is 0 Å². The standard InChI is InChI=1S/C2H5N2O3S/c5-3-1-2-8-4(3,6)7/h6H,1-2H2/q-1. The van der Waals surface area contributed by atoms with Gasteiger partial charge in [-0.3, -0.25) is 0 Å². The lowest BCUT2D eigenvalue weighted by molar-refractivity contribution is -1.04. The number of hydrogen-bond acceptors (Lipinski definition) is 5. The quantitative estimate of drug-likeness (QED) is 0.290. The van der Waals surface area contributed by atoms with Crippen LogP contribution < -0.4 is 0 Å². The van der Waals surface area contributed by atoms with Crippen molar-refractivity contribution in [1.29, 1.82) is 0 Å². The summed E-state index contributed by atoms with van der Waals surface area (Å²) in [6.45, 7) is 0.102. The molecule has 1 atom stereocenters. The van der Waals surface area contributed by atoms with Crippen molar-refractivity contribution in [3.63, 3.8) is 0 Å². The summed E-state index contributed by atoms with van der Waals surface area (Å²) in [5.41, 5.74) is 0. The van der Waals surface area contributed by atoms with E-state index in [4.69, 9.17) is 5.21 Å². The largest absolute Gasteiger partial charge is 0.736 e. The Hall–Kier alpha value is 0.150. The third-order valence-electron chi connectivity index (χ3n) is 0.824. The van der Waals surface area contributed by atoms with Gasteiger partial charge in [-0.2, -0.15) is 10.4 Å². The number of quaternary nitrogens is 1. The summed E-state index contributed by atoms with van der Waals surface area (Å²) in [6.07, 6.45) is 0. The molecule has 6 heteroatoms. The van der Waals surface area contributed by atoms with Gasteiger partial charge in [-0.1, -0.05) is 4.32 Å². The molecule has 1 unspecified atom stereocenters. The second-order valence-electron chi connectivity index (χ2n) is 1.40. The fraction of sp³-hybridized carbons (Fsp3) is 1.00. The molecule has 0 spiro atoms. The minimum absolute atomic E-state index is 0.0741. The molecule has 5 nitrogen and oxygen atoms in total. The Morgan fingerprint density at radius 1 is 1.75 bits per heavy atom. The van der Waals surface area contributed by atoms with Crippen LogP contribution in [0.1, 0.15) is 0 Å². The monoisotopic (exact) mass is 137 g/mol. The van der Waals surface area contributed by atoms with Crippen LogP contribution in [-0.4, -0.2) is 27.0 Å². The molecule has 48 valence electrons. The molecular formula is C2H5N2O3S-. The molecule has 0 radical (unpaired) electrons. The van der Waals surface area contributed by atoms with Gasteiger partial charge >= 0.3 is 0 Å². The molecule has 8 heavy (non-hydrogen) atoms. The maximum absolute atomic E-state index is 10.3. The summed E-state index contributed by atoms with van der Waals surface area (Å²) in [5.74, 6) is 0.392. The second-order valence-corrected chi connectivity index (χ2v) is 2.54. The molecule has 1 heterocycles. The van der Waals surface area contributed by atoms with E-state index in [1.807, 2.05) is 0 Å². The van der Waals surface area contributed by atoms with E-state index < -0.39 is 4.32 Å². The molecule has 0 aliphatic carbocycles. The van der Waals surface area contributed by atoms with Crippen molar-refractivity contribution in [2.75, 3.05) is 12.3 Å². The van der Waals surface area contributed by atoms with Crippen LogP contribution in [0.2, 0.25) is 0 Å². The van der Waals surface area contributed by atoms with Gasteiger partial charge in [0.05, 0.1) is 12.3 Å². The first-order chi connectivity index (χ1) is 3.63. The first-order valence-electron chi connectivity index (χ1n) is 2.05. The van der Waals surface area contributed by atoms with E-state index in [0.717, 1.165) is 0 Å². The Balaban J connectivity index is 2.54. The smallest absolute Gasteiger partial charge is 0.134 e. The van der Waals surface area contributed by atoms with Gasteiger partial charge in [-0.15, -0.1) is 0 Å². The summed E-state index contributed by atoms with van der Waals surface area (Å²) in [7, 11) is 0. The fourth-order valence-corrected chi connectivity index (χ4v) is 1.11. The molecular weight excluding hydrogens is 132 g/mol. The van der Waals surface area contributed by atoms with Crippen LogP contribution >= 0.6 is 11.9 Å². The Morgan fingerprint density at radius 2 is 2.38 bits per heavy atom. The lowest BCUT2D eigenvalue weighted by Gasteiger charge is -2.36. The first kappa shape index (κ1) is 6.27. The van der Waals surface area contributed by atoms with Crippen LogP contribution in [0, 0.1) is 10.4 Å². The topological polar surface area (TPSA) is 69.6 Å². The van der Waals surface area contributed by atoms with Crippen LogP contribution in [0.15, 0.2) is 0 Å². The third-order valence-corrected chi connectivity index (χ3v) is 1.71. The van der Waals surface area contributed by atoms with Crippen LogP contribution in [0.25, 0.3) is 0 Å². The highest BCUT2D eigenvalue weighted by atomic mass is 32.2. The Bertz CT molecular complexity index is 97.3. The molecule has 1 rings (SSSR count). The van der Waals surface area contributed by atoms with Crippen LogP contribution in [0.3, 0.4) is 0 Å². The lowest BCUT2D eigenvalue weighted by atomic mass is 10.8. The average Bonchev–Trinajstić information content (AvgIpc) is 1.86. The molecule has 0 amide bonds. The summed E-state index contributed by atoms with van der Waals surface area (Å²) >= 11 is 0.659. The number of rotatable bonds is 0. The summed E-state index contributed by atoms with van der Waals surface area (Å²) in [4.78, 5) is 0. The zero-order valence-electron chi connectivity index (χ0n) is 3.98. The molecule has 0 aromatic rings. The highest BCUT2D eigenvalue weighted by Crippen LogP contribution is 2.26. The molecule has 0 saturated carbocycles. The summed E-state index contributed by atoms with van der Waals surface area (Å²) in [6, 6.07) is 0. The fourth-order valence-electron chi connectivity index (χ4n) is 0.429. The minimum Gasteiger partial charge on any atom is -0.736 e. The van der Waals surface area contributed by atoms with Crippen LogP contribution in [0.5, 0.6) is 0 Å². The van der Waals surface area contributed by atoms with E-state index in [0.29, 0.717) is 17.7 Å². The van der Waals surface area contributed by atoms with E-state index in [1.54, 1.807) is 0 Å². The number of hydrogen-bond donors (Lipinski definition) is 1. The third kappa shape index (κ3) is 0.943. The van der Waals surface area contributed by atoms with Gasteiger partial charge in [0.1, 0.15) is 11.9 Å². The maximum Gasteiger partial charge on any atom is 0.134 e. The average molecular weight is 137 g/mol. The predicted octanol–water partition coefficient (Wildman–Crippen LogP) is 0.0668. The van der Waals surface area contributed by atoms with Gasteiger partial charge in [-0.05, 0) is 0 Å². The lowest BCUT2D eigenvalue weighted by Crippen LogP contribution is -2.39. The Morgan fingerprint density at radius 3 is 2.50 bits per heavy atom. The molecule has 1 aliphatic heterocycles. The van der Waals surface area contributed by atoms with Gasteiger partial charge < -0.3 is 10.4 Å². The van der Waals surface area contributed by atoms with E-state index in [-0.39, 0.29) is 11.7 Å². The van der Waals surface area contributed by atoms with E-state index >= 15 is 0 Å². The van der Waals surface area contributed by atoms with E-state index in [1.165, 1.54) is 0 Å². The van der Waals surface area contributed by atoms with Gasteiger partial charge in [0.2, 0.25) is 0 Å². The molecule has 1 fully saturated rings. The van der Waals surface area contributed by atoms with Crippen LogP contribution in [-0.2, 0) is 0 Å². The summed E-state index contributed by atoms with van der Waals surface area (Å²) in [5, 5.41) is 29.0. The van der Waals surface area contributed by atoms with E-state index in [9.17, 15) is 10.4 Å². The number of nitrogens with zero attached hydrogens (tertiary/aromatic N) is 2. The zero-order valence-corrected chi connectivity index (χ0v) is 4.80. The first-order valence-corrected chi connectivity index (χ1v) is 3.00. The number of hydroxylamine groups is 1. The van der Waals surface area contributed by atoms with E-state index in [2.05, 4.69) is 0 Å². The van der Waals surface area contributed by atoms with Crippen molar-refractivity contribution >= 4 is 11.9 Å². The van der Waals surface area contributed by atoms with Crippen molar-refractivity contribution in [3.05, 3.63) is 10.4 Å². The maximum atomic E-state index is 10.3. The van der Waals surface area contributed by atoms with Gasteiger partial charge in [0, 0.05) is 0 Å². The second kappa shape index (κ2) is 1.83. The molecule has 0 aromatic heterocycles. The Labute approximate surface area is 50.3 Å². The highest BCUT2D eigenvalue weighted by molar-refractivity contribution is 7.93. The van der Waals surface area contributed by atoms with Crippen molar-refractivity contribution in [1.82, 2.24) is 5.17 Å². The normalized spacial score (nSPS) is 40.9. The predicted molar refractivity (Wildman–Crippen MR) is 27.9 cm³/mol. The van der Waals surface area contributed by atoms with Crippen molar-refractivity contribution < 1.29 is 9.53 Å². The SMILES string of the molecule is [O-]N1CCS[N+]1([O-])O. The molecule has 1 aliphatic rings. The van der Waals surface area contributed by atoms with Crippen LogP contribution in [0.4, 0.5) is 0 Å². The zero-order chi connectivity index (χ0) is 6.20. The molecule has 1 N–H and O–H groups in total. The van der Waals surface area contributed by atoms with Gasteiger partial charge in [0.15, 0.2) is 0 Å². The molecule has 0 bridgehead atoms.